The van der Waals surface area contributed by atoms with Crippen LogP contribution in [0.3, 0.4) is 0 Å². The van der Waals surface area contributed by atoms with Gasteiger partial charge in [-0.05, 0) is 43.2 Å². The Balaban J connectivity index is 2.19. The SMILES string of the molecule is Cc1ccc(C)c(OCc2ccc(Cl)cc2C#N)c1. The first kappa shape index (κ1) is 13.5. The van der Waals surface area contributed by atoms with Crippen molar-refractivity contribution < 1.29 is 4.74 Å². The molecule has 96 valence electrons. The van der Waals surface area contributed by atoms with Crippen LogP contribution < -0.4 is 4.74 Å². The van der Waals surface area contributed by atoms with Crippen molar-refractivity contribution in [3.63, 3.8) is 0 Å². The average molecular weight is 272 g/mol. The van der Waals surface area contributed by atoms with Gasteiger partial charge in [0.1, 0.15) is 12.4 Å². The fourth-order valence-corrected chi connectivity index (χ4v) is 1.97. The summed E-state index contributed by atoms with van der Waals surface area (Å²) >= 11 is 5.87. The van der Waals surface area contributed by atoms with E-state index in [-0.39, 0.29) is 0 Å². The van der Waals surface area contributed by atoms with Gasteiger partial charge in [-0.15, -0.1) is 0 Å². The zero-order valence-electron chi connectivity index (χ0n) is 10.9. The topological polar surface area (TPSA) is 33.0 Å². The number of aryl methyl sites for hydroxylation is 2. The van der Waals surface area contributed by atoms with Gasteiger partial charge >= 0.3 is 0 Å². The molecule has 0 atom stereocenters. The van der Waals surface area contributed by atoms with Crippen LogP contribution >= 0.6 is 11.6 Å². The Labute approximate surface area is 118 Å². The molecule has 2 aromatic rings. The molecule has 19 heavy (non-hydrogen) atoms. The highest BCUT2D eigenvalue weighted by Crippen LogP contribution is 2.22. The molecule has 0 aromatic heterocycles. The molecule has 0 amide bonds. The van der Waals surface area contributed by atoms with Crippen LogP contribution in [0.15, 0.2) is 36.4 Å². The van der Waals surface area contributed by atoms with Crippen LogP contribution in [0.5, 0.6) is 5.75 Å². The summed E-state index contributed by atoms with van der Waals surface area (Å²) in [5.41, 5.74) is 3.63. The lowest BCUT2D eigenvalue weighted by Gasteiger charge is -2.11. The second-order valence-electron chi connectivity index (χ2n) is 4.47. The zero-order valence-corrected chi connectivity index (χ0v) is 11.7. The van der Waals surface area contributed by atoms with E-state index < -0.39 is 0 Å². The Hall–Kier alpha value is -1.98. The molecule has 0 saturated carbocycles. The minimum atomic E-state index is 0.365. The fraction of sp³-hybridized carbons (Fsp3) is 0.188. The molecule has 2 aromatic carbocycles. The number of benzene rings is 2. The molecule has 0 unspecified atom stereocenters. The molecule has 3 heteroatoms. The quantitative estimate of drug-likeness (QED) is 0.828. The molecule has 0 aliphatic rings. The van der Waals surface area contributed by atoms with Crippen LogP contribution in [-0.4, -0.2) is 0 Å². The van der Waals surface area contributed by atoms with E-state index in [1.807, 2.05) is 38.1 Å². The van der Waals surface area contributed by atoms with Crippen molar-refractivity contribution in [3.05, 3.63) is 63.7 Å². The maximum atomic E-state index is 9.07. The van der Waals surface area contributed by atoms with Gasteiger partial charge in [0.25, 0.3) is 0 Å². The van der Waals surface area contributed by atoms with Crippen molar-refractivity contribution in [2.24, 2.45) is 0 Å². The second kappa shape index (κ2) is 5.77. The van der Waals surface area contributed by atoms with Crippen LogP contribution in [0, 0.1) is 25.2 Å². The van der Waals surface area contributed by atoms with Crippen LogP contribution in [0.25, 0.3) is 0 Å². The molecular formula is C16H14ClNO. The molecule has 0 bridgehead atoms. The van der Waals surface area contributed by atoms with E-state index in [0.29, 0.717) is 17.2 Å². The summed E-state index contributed by atoms with van der Waals surface area (Å²) in [5, 5.41) is 9.64. The van der Waals surface area contributed by atoms with Crippen LogP contribution in [-0.2, 0) is 6.61 Å². The maximum Gasteiger partial charge on any atom is 0.122 e. The van der Waals surface area contributed by atoms with Gasteiger partial charge < -0.3 is 4.74 Å². The number of hydrogen-bond acceptors (Lipinski definition) is 2. The van der Waals surface area contributed by atoms with Crippen molar-refractivity contribution in [2.45, 2.75) is 20.5 Å². The van der Waals surface area contributed by atoms with E-state index in [4.69, 9.17) is 21.6 Å². The number of rotatable bonds is 3. The molecule has 0 spiro atoms. The number of nitriles is 1. The lowest BCUT2D eigenvalue weighted by molar-refractivity contribution is 0.303. The van der Waals surface area contributed by atoms with Crippen LogP contribution in [0.2, 0.25) is 5.02 Å². The Bertz CT molecular complexity index is 644. The lowest BCUT2D eigenvalue weighted by atomic mass is 10.1. The molecule has 0 heterocycles. The van der Waals surface area contributed by atoms with Gasteiger partial charge in [0, 0.05) is 10.6 Å². The largest absolute Gasteiger partial charge is 0.489 e. The molecule has 0 radical (unpaired) electrons. The normalized spacial score (nSPS) is 10.0. The summed E-state index contributed by atoms with van der Waals surface area (Å²) in [6.07, 6.45) is 0. The van der Waals surface area contributed by atoms with E-state index in [9.17, 15) is 0 Å². The summed E-state index contributed by atoms with van der Waals surface area (Å²) < 4.78 is 5.79. The van der Waals surface area contributed by atoms with Crippen molar-refractivity contribution in [3.8, 4) is 11.8 Å². The summed E-state index contributed by atoms with van der Waals surface area (Å²) in [4.78, 5) is 0. The van der Waals surface area contributed by atoms with E-state index in [1.165, 1.54) is 0 Å². The molecule has 0 aliphatic carbocycles. The van der Waals surface area contributed by atoms with Gasteiger partial charge in [-0.2, -0.15) is 5.26 Å². The van der Waals surface area contributed by atoms with E-state index in [2.05, 4.69) is 6.07 Å². The van der Waals surface area contributed by atoms with Gasteiger partial charge in [0.2, 0.25) is 0 Å². The molecule has 0 aliphatic heterocycles. The Morgan fingerprint density at radius 2 is 1.95 bits per heavy atom. The average Bonchev–Trinajstić information content (AvgIpc) is 2.40. The predicted molar refractivity (Wildman–Crippen MR) is 76.4 cm³/mol. The number of halogens is 1. The highest BCUT2D eigenvalue weighted by molar-refractivity contribution is 6.30. The third kappa shape index (κ3) is 3.27. The van der Waals surface area contributed by atoms with Crippen LogP contribution in [0.1, 0.15) is 22.3 Å². The summed E-state index contributed by atoms with van der Waals surface area (Å²) in [5.74, 6) is 0.846. The number of ether oxygens (including phenoxy) is 1. The summed E-state index contributed by atoms with van der Waals surface area (Å²) in [7, 11) is 0. The summed E-state index contributed by atoms with van der Waals surface area (Å²) in [6.45, 7) is 4.39. The van der Waals surface area contributed by atoms with Crippen molar-refractivity contribution in [1.29, 1.82) is 5.26 Å². The number of nitrogens with zero attached hydrogens (tertiary/aromatic N) is 1. The Morgan fingerprint density at radius 1 is 1.16 bits per heavy atom. The number of hydrogen-bond donors (Lipinski definition) is 0. The van der Waals surface area contributed by atoms with Crippen LogP contribution in [0.4, 0.5) is 0 Å². The van der Waals surface area contributed by atoms with Gasteiger partial charge in [0.05, 0.1) is 11.6 Å². The van der Waals surface area contributed by atoms with Gasteiger partial charge in [-0.25, -0.2) is 0 Å². The molecule has 0 N–H and O–H groups in total. The minimum Gasteiger partial charge on any atom is -0.489 e. The van der Waals surface area contributed by atoms with Crippen molar-refractivity contribution >= 4 is 11.6 Å². The predicted octanol–water partition coefficient (Wildman–Crippen LogP) is 4.41. The lowest BCUT2D eigenvalue weighted by Crippen LogP contribution is -1.99. The van der Waals surface area contributed by atoms with Crippen molar-refractivity contribution in [1.82, 2.24) is 0 Å². The molecule has 2 nitrogen and oxygen atoms in total. The first-order chi connectivity index (χ1) is 9.10. The second-order valence-corrected chi connectivity index (χ2v) is 4.91. The minimum absolute atomic E-state index is 0.365. The molecular weight excluding hydrogens is 258 g/mol. The van der Waals surface area contributed by atoms with Gasteiger partial charge in [-0.1, -0.05) is 29.8 Å². The maximum absolute atomic E-state index is 9.07. The monoisotopic (exact) mass is 271 g/mol. The first-order valence-corrected chi connectivity index (χ1v) is 6.36. The summed E-state index contributed by atoms with van der Waals surface area (Å²) in [6, 6.07) is 13.5. The van der Waals surface area contributed by atoms with E-state index in [1.54, 1.807) is 12.1 Å². The van der Waals surface area contributed by atoms with E-state index >= 15 is 0 Å². The third-order valence-corrected chi connectivity index (χ3v) is 3.15. The Kier molecular flexibility index (Phi) is 4.09. The highest BCUT2D eigenvalue weighted by atomic mass is 35.5. The molecule has 2 rings (SSSR count). The molecule has 0 saturated heterocycles. The van der Waals surface area contributed by atoms with Crippen molar-refractivity contribution in [2.75, 3.05) is 0 Å². The Morgan fingerprint density at radius 3 is 2.68 bits per heavy atom. The first-order valence-electron chi connectivity index (χ1n) is 5.99. The fourth-order valence-electron chi connectivity index (χ4n) is 1.80. The highest BCUT2D eigenvalue weighted by Gasteiger charge is 2.05. The van der Waals surface area contributed by atoms with Gasteiger partial charge in [-0.3, -0.25) is 0 Å². The van der Waals surface area contributed by atoms with E-state index in [0.717, 1.165) is 22.4 Å². The smallest absolute Gasteiger partial charge is 0.122 e. The third-order valence-electron chi connectivity index (χ3n) is 2.92. The van der Waals surface area contributed by atoms with Gasteiger partial charge in [0.15, 0.2) is 0 Å². The molecule has 0 fully saturated rings. The zero-order chi connectivity index (χ0) is 13.8. The standard InChI is InChI=1S/C16H14ClNO/c1-11-3-4-12(2)16(7-11)19-10-13-5-6-15(17)8-14(13)9-18/h3-8H,10H2,1-2H3.